The quantitative estimate of drug-likeness (QED) is 0.862. The first-order chi connectivity index (χ1) is 9.52. The molecule has 2 atom stereocenters. The fraction of sp³-hybridized carbons (Fsp3) is 0.462. The van der Waals surface area contributed by atoms with Crippen LogP contribution in [0.25, 0.3) is 0 Å². The maximum atomic E-state index is 12.5. The summed E-state index contributed by atoms with van der Waals surface area (Å²) in [5.41, 5.74) is 0.313. The van der Waals surface area contributed by atoms with Crippen LogP contribution in [0, 0.1) is 0 Å². The van der Waals surface area contributed by atoms with Crippen molar-refractivity contribution in [3.63, 3.8) is 0 Å². The van der Waals surface area contributed by atoms with Crippen LogP contribution in [-0.4, -0.2) is 59.3 Å². The van der Waals surface area contributed by atoms with Gasteiger partial charge in [-0.1, -0.05) is 0 Å². The van der Waals surface area contributed by atoms with Gasteiger partial charge in [-0.2, -0.15) is 0 Å². The molecule has 108 valence electrons. The lowest BCUT2D eigenvalue weighted by Crippen LogP contribution is -2.51. The summed E-state index contributed by atoms with van der Waals surface area (Å²) < 4.78 is 10.3. The van der Waals surface area contributed by atoms with Crippen molar-refractivity contribution in [1.82, 2.24) is 9.88 Å². The van der Waals surface area contributed by atoms with E-state index < -0.39 is 12.1 Å². The zero-order chi connectivity index (χ0) is 14.7. The van der Waals surface area contributed by atoms with Gasteiger partial charge >= 0.3 is 5.97 Å². The van der Waals surface area contributed by atoms with Crippen molar-refractivity contribution in [3.8, 4) is 5.88 Å². The summed E-state index contributed by atoms with van der Waals surface area (Å²) in [5, 5.41) is 9.03. The largest absolute Gasteiger partial charge is 0.480 e. The van der Waals surface area contributed by atoms with Crippen molar-refractivity contribution in [3.05, 3.63) is 23.9 Å². The Bertz CT molecular complexity index is 519. The molecule has 20 heavy (non-hydrogen) atoms. The number of carbonyl (C=O) groups is 2. The number of hydrogen-bond acceptors (Lipinski definition) is 5. The number of pyridine rings is 1. The molecule has 1 aliphatic heterocycles. The Morgan fingerprint density at radius 3 is 2.90 bits per heavy atom. The SMILES string of the molecule is COc1ncccc1C(=O)N1CC(C(=O)O)O[C@H](C)C1. The van der Waals surface area contributed by atoms with Crippen LogP contribution in [0.15, 0.2) is 18.3 Å². The van der Waals surface area contributed by atoms with Gasteiger partial charge in [0.05, 0.1) is 19.8 Å². The van der Waals surface area contributed by atoms with Crippen LogP contribution < -0.4 is 4.74 Å². The number of hydrogen-bond donors (Lipinski definition) is 1. The molecule has 1 fully saturated rings. The minimum Gasteiger partial charge on any atom is -0.480 e. The lowest BCUT2D eigenvalue weighted by molar-refractivity contribution is -0.160. The molecule has 7 heteroatoms. The molecule has 1 amide bonds. The highest BCUT2D eigenvalue weighted by atomic mass is 16.5. The summed E-state index contributed by atoms with van der Waals surface area (Å²) in [6, 6.07) is 3.23. The molecular formula is C13H16N2O5. The second kappa shape index (κ2) is 5.87. The third kappa shape index (κ3) is 2.88. The van der Waals surface area contributed by atoms with Crippen LogP contribution in [0.1, 0.15) is 17.3 Å². The number of methoxy groups -OCH3 is 1. The smallest absolute Gasteiger partial charge is 0.334 e. The first-order valence-corrected chi connectivity index (χ1v) is 6.19. The highest BCUT2D eigenvalue weighted by molar-refractivity contribution is 5.96. The molecule has 0 spiro atoms. The molecule has 0 saturated carbocycles. The Balaban J connectivity index is 2.21. The van der Waals surface area contributed by atoms with Gasteiger partial charge in [0.25, 0.3) is 5.91 Å². The maximum Gasteiger partial charge on any atom is 0.334 e. The fourth-order valence-corrected chi connectivity index (χ4v) is 2.14. The van der Waals surface area contributed by atoms with Gasteiger partial charge in [0.1, 0.15) is 5.56 Å². The highest BCUT2D eigenvalue weighted by Crippen LogP contribution is 2.19. The second-order valence-electron chi connectivity index (χ2n) is 4.54. The summed E-state index contributed by atoms with van der Waals surface area (Å²) in [4.78, 5) is 28.9. The summed E-state index contributed by atoms with van der Waals surface area (Å²) in [7, 11) is 1.43. The number of aliphatic carboxylic acids is 1. The third-order valence-corrected chi connectivity index (χ3v) is 3.02. The minimum atomic E-state index is -1.08. The van der Waals surface area contributed by atoms with E-state index in [1.165, 1.54) is 18.2 Å². The van der Waals surface area contributed by atoms with Gasteiger partial charge in [0.15, 0.2) is 6.10 Å². The van der Waals surface area contributed by atoms with Gasteiger partial charge in [-0.15, -0.1) is 0 Å². The number of carboxylic acid groups (broad SMARTS) is 1. The predicted octanol–water partition coefficient (Wildman–Crippen LogP) is 0.404. The Morgan fingerprint density at radius 1 is 1.50 bits per heavy atom. The first kappa shape index (κ1) is 14.3. The Labute approximate surface area is 116 Å². The monoisotopic (exact) mass is 280 g/mol. The van der Waals surface area contributed by atoms with Crippen molar-refractivity contribution >= 4 is 11.9 Å². The Kier molecular flexibility index (Phi) is 4.19. The van der Waals surface area contributed by atoms with Crippen molar-refractivity contribution in [2.24, 2.45) is 0 Å². The second-order valence-corrected chi connectivity index (χ2v) is 4.54. The maximum absolute atomic E-state index is 12.5. The van der Waals surface area contributed by atoms with Crippen LogP contribution in [-0.2, 0) is 9.53 Å². The molecule has 2 heterocycles. The van der Waals surface area contributed by atoms with Crippen molar-refractivity contribution in [1.29, 1.82) is 0 Å². The number of morpholine rings is 1. The number of rotatable bonds is 3. The van der Waals surface area contributed by atoms with E-state index in [9.17, 15) is 9.59 Å². The zero-order valence-corrected chi connectivity index (χ0v) is 11.3. The van der Waals surface area contributed by atoms with E-state index in [1.807, 2.05) is 0 Å². The molecule has 7 nitrogen and oxygen atoms in total. The molecule has 1 aromatic rings. The zero-order valence-electron chi connectivity index (χ0n) is 11.3. The van der Waals surface area contributed by atoms with Crippen molar-refractivity contribution in [2.75, 3.05) is 20.2 Å². The topological polar surface area (TPSA) is 89.0 Å². The van der Waals surface area contributed by atoms with E-state index in [2.05, 4.69) is 4.98 Å². The summed E-state index contributed by atoms with van der Waals surface area (Å²) in [6.07, 6.45) is 0.180. The lowest BCUT2D eigenvalue weighted by atomic mass is 10.1. The molecule has 0 aromatic carbocycles. The van der Waals surface area contributed by atoms with Crippen LogP contribution in [0.4, 0.5) is 0 Å². The average molecular weight is 280 g/mol. The van der Waals surface area contributed by atoms with Crippen molar-refractivity contribution in [2.45, 2.75) is 19.1 Å². The predicted molar refractivity (Wildman–Crippen MR) is 68.7 cm³/mol. The molecule has 1 aliphatic rings. The van der Waals surface area contributed by atoms with E-state index in [-0.39, 0.29) is 24.4 Å². The number of nitrogens with zero attached hydrogens (tertiary/aromatic N) is 2. The normalized spacial score (nSPS) is 22.4. The van der Waals surface area contributed by atoms with Crippen LogP contribution in [0.2, 0.25) is 0 Å². The van der Waals surface area contributed by atoms with Gasteiger partial charge in [0, 0.05) is 12.7 Å². The van der Waals surface area contributed by atoms with E-state index in [0.29, 0.717) is 12.1 Å². The van der Waals surface area contributed by atoms with Gasteiger partial charge in [-0.3, -0.25) is 4.79 Å². The highest BCUT2D eigenvalue weighted by Gasteiger charge is 2.33. The van der Waals surface area contributed by atoms with Crippen LogP contribution >= 0.6 is 0 Å². The lowest BCUT2D eigenvalue weighted by Gasteiger charge is -2.35. The molecule has 2 rings (SSSR count). The molecular weight excluding hydrogens is 264 g/mol. The number of ether oxygens (including phenoxy) is 2. The number of aromatic nitrogens is 1. The number of carboxylic acids is 1. The van der Waals surface area contributed by atoms with E-state index >= 15 is 0 Å². The molecule has 1 N–H and O–H groups in total. The number of carbonyl (C=O) groups excluding carboxylic acids is 1. The van der Waals surface area contributed by atoms with Gasteiger partial charge in [-0.05, 0) is 19.1 Å². The molecule has 0 bridgehead atoms. The van der Waals surface area contributed by atoms with E-state index in [4.69, 9.17) is 14.6 Å². The van der Waals surface area contributed by atoms with Crippen LogP contribution in [0.5, 0.6) is 5.88 Å². The molecule has 0 aliphatic carbocycles. The van der Waals surface area contributed by atoms with Gasteiger partial charge in [0.2, 0.25) is 5.88 Å². The Morgan fingerprint density at radius 2 is 2.25 bits per heavy atom. The summed E-state index contributed by atoms with van der Waals surface area (Å²) >= 11 is 0. The third-order valence-electron chi connectivity index (χ3n) is 3.02. The average Bonchev–Trinajstić information content (AvgIpc) is 2.45. The van der Waals surface area contributed by atoms with E-state index in [1.54, 1.807) is 19.1 Å². The van der Waals surface area contributed by atoms with Gasteiger partial charge in [-0.25, -0.2) is 9.78 Å². The Hall–Kier alpha value is -2.15. The minimum absolute atomic E-state index is 0.0105. The fourth-order valence-electron chi connectivity index (χ4n) is 2.14. The van der Waals surface area contributed by atoms with Crippen LogP contribution in [0.3, 0.4) is 0 Å². The molecule has 1 saturated heterocycles. The molecule has 1 unspecified atom stereocenters. The number of amides is 1. The first-order valence-electron chi connectivity index (χ1n) is 6.19. The summed E-state index contributed by atoms with van der Waals surface area (Å²) in [5.74, 6) is -1.16. The summed E-state index contributed by atoms with van der Waals surface area (Å²) in [6.45, 7) is 2.08. The van der Waals surface area contributed by atoms with Gasteiger partial charge < -0.3 is 19.5 Å². The molecule has 1 aromatic heterocycles. The van der Waals surface area contributed by atoms with Crippen molar-refractivity contribution < 1.29 is 24.2 Å². The standard InChI is InChI=1S/C13H16N2O5/c1-8-6-15(7-10(20-8)13(17)18)12(16)9-4-3-5-14-11(9)19-2/h3-5,8,10H,6-7H2,1-2H3,(H,17,18)/t8-,10?/m1/s1. The van der Waals surface area contributed by atoms with E-state index in [0.717, 1.165) is 0 Å². The molecule has 0 radical (unpaired) electrons.